The van der Waals surface area contributed by atoms with Crippen LogP contribution in [0, 0.1) is 11.6 Å². The second-order valence-electron chi connectivity index (χ2n) is 5.67. The van der Waals surface area contributed by atoms with E-state index in [9.17, 15) is 18.4 Å². The van der Waals surface area contributed by atoms with E-state index in [1.807, 2.05) is 0 Å². The summed E-state index contributed by atoms with van der Waals surface area (Å²) in [6.45, 7) is 1.17. The second-order valence-corrected chi connectivity index (χ2v) is 5.67. The molecule has 1 aliphatic heterocycles. The first-order valence-electron chi connectivity index (χ1n) is 7.82. The number of carbonyl (C=O) groups excluding carboxylic acids is 2. The van der Waals surface area contributed by atoms with Crippen molar-refractivity contribution in [3.05, 3.63) is 53.6 Å². The number of nitrogens with zero attached hydrogens (tertiary/aromatic N) is 1. The van der Waals surface area contributed by atoms with E-state index in [0.717, 1.165) is 22.6 Å². The van der Waals surface area contributed by atoms with E-state index in [2.05, 4.69) is 5.32 Å². The van der Waals surface area contributed by atoms with Crippen molar-refractivity contribution in [1.29, 1.82) is 0 Å². The second kappa shape index (κ2) is 7.38. The number of halogens is 2. The van der Waals surface area contributed by atoms with Crippen LogP contribution >= 0.6 is 0 Å². The van der Waals surface area contributed by atoms with Gasteiger partial charge >= 0.3 is 0 Å². The Morgan fingerprint density at radius 1 is 1.12 bits per heavy atom. The molecule has 0 fully saturated rings. The molecule has 0 aliphatic carbocycles. The summed E-state index contributed by atoms with van der Waals surface area (Å²) in [6, 6.07) is 8.06. The number of amides is 2. The third-order valence-electron chi connectivity index (χ3n) is 3.81. The first-order valence-corrected chi connectivity index (χ1v) is 7.82. The molecule has 2 aromatic rings. The number of rotatable bonds is 5. The molecule has 2 amide bonds. The molecule has 1 aliphatic rings. The Hall–Kier alpha value is -3.16. The number of anilines is 1. The summed E-state index contributed by atoms with van der Waals surface area (Å²) in [4.78, 5) is 24.9. The van der Waals surface area contributed by atoms with Crippen molar-refractivity contribution in [1.82, 2.24) is 5.32 Å². The molecule has 1 heterocycles. The minimum absolute atomic E-state index is 0.155. The van der Waals surface area contributed by atoms with Gasteiger partial charge in [-0.15, -0.1) is 0 Å². The highest BCUT2D eigenvalue weighted by Gasteiger charge is 2.20. The van der Waals surface area contributed by atoms with Gasteiger partial charge < -0.3 is 19.7 Å². The number of nitrogens with one attached hydrogen (secondary N) is 1. The van der Waals surface area contributed by atoms with E-state index in [4.69, 9.17) is 9.47 Å². The maximum atomic E-state index is 13.9. The lowest BCUT2D eigenvalue weighted by molar-refractivity contribution is -0.123. The van der Waals surface area contributed by atoms with Gasteiger partial charge in [0.1, 0.15) is 18.2 Å². The molecule has 8 heteroatoms. The van der Waals surface area contributed by atoms with Gasteiger partial charge in [-0.1, -0.05) is 6.07 Å². The standard InChI is InChI=1S/C18H16F2N2O4/c1-11(23)22(15-4-3-13(19)7-14(15)20)9-18(24)21-8-12-2-5-16-17(6-12)26-10-25-16/h2-7H,8-10H2,1H3,(H,21,24). The lowest BCUT2D eigenvalue weighted by Crippen LogP contribution is -2.40. The van der Waals surface area contributed by atoms with Crippen LogP contribution in [0.1, 0.15) is 12.5 Å². The molecule has 2 aromatic carbocycles. The summed E-state index contributed by atoms with van der Waals surface area (Å²) in [5.41, 5.74) is 0.627. The van der Waals surface area contributed by atoms with Crippen LogP contribution in [0.2, 0.25) is 0 Å². The quantitative estimate of drug-likeness (QED) is 0.887. The zero-order valence-corrected chi connectivity index (χ0v) is 13.9. The van der Waals surface area contributed by atoms with Gasteiger partial charge in [-0.3, -0.25) is 9.59 Å². The molecule has 0 saturated heterocycles. The molecular weight excluding hydrogens is 346 g/mol. The molecule has 0 bridgehead atoms. The van der Waals surface area contributed by atoms with Crippen LogP contribution in [0.15, 0.2) is 36.4 Å². The van der Waals surface area contributed by atoms with Gasteiger partial charge in [0.2, 0.25) is 18.6 Å². The first-order chi connectivity index (χ1) is 12.4. The maximum Gasteiger partial charge on any atom is 0.240 e. The van der Waals surface area contributed by atoms with Crippen LogP contribution < -0.4 is 19.7 Å². The average Bonchev–Trinajstić information content (AvgIpc) is 3.06. The van der Waals surface area contributed by atoms with Crippen molar-refractivity contribution in [2.45, 2.75) is 13.5 Å². The molecule has 6 nitrogen and oxygen atoms in total. The van der Waals surface area contributed by atoms with E-state index in [-0.39, 0.29) is 25.6 Å². The largest absolute Gasteiger partial charge is 0.454 e. The van der Waals surface area contributed by atoms with Crippen LogP contribution in [0.5, 0.6) is 11.5 Å². The van der Waals surface area contributed by atoms with Crippen molar-refractivity contribution in [3.63, 3.8) is 0 Å². The smallest absolute Gasteiger partial charge is 0.240 e. The maximum absolute atomic E-state index is 13.9. The van der Waals surface area contributed by atoms with Crippen molar-refractivity contribution in [2.75, 3.05) is 18.2 Å². The summed E-state index contributed by atoms with van der Waals surface area (Å²) in [5, 5.41) is 2.65. The van der Waals surface area contributed by atoms with E-state index in [0.29, 0.717) is 17.6 Å². The van der Waals surface area contributed by atoms with Gasteiger partial charge in [0.05, 0.1) is 5.69 Å². The third-order valence-corrected chi connectivity index (χ3v) is 3.81. The SMILES string of the molecule is CC(=O)N(CC(=O)NCc1ccc2c(c1)OCO2)c1ccc(F)cc1F. The molecule has 1 N–H and O–H groups in total. The van der Waals surface area contributed by atoms with Gasteiger partial charge in [-0.2, -0.15) is 0 Å². The number of hydrogen-bond donors (Lipinski definition) is 1. The van der Waals surface area contributed by atoms with Gasteiger partial charge in [0.15, 0.2) is 11.5 Å². The van der Waals surface area contributed by atoms with E-state index in [1.54, 1.807) is 18.2 Å². The monoisotopic (exact) mass is 362 g/mol. The summed E-state index contributed by atoms with van der Waals surface area (Å²) in [7, 11) is 0. The van der Waals surface area contributed by atoms with Crippen LogP contribution in [-0.4, -0.2) is 25.2 Å². The fraction of sp³-hybridized carbons (Fsp3) is 0.222. The minimum Gasteiger partial charge on any atom is -0.454 e. The zero-order valence-electron chi connectivity index (χ0n) is 13.9. The van der Waals surface area contributed by atoms with Crippen LogP contribution in [0.25, 0.3) is 0 Å². The van der Waals surface area contributed by atoms with Crippen LogP contribution in [0.3, 0.4) is 0 Å². The van der Waals surface area contributed by atoms with E-state index in [1.165, 1.54) is 6.92 Å². The Bertz CT molecular complexity index is 857. The van der Waals surface area contributed by atoms with Gasteiger partial charge in [0, 0.05) is 19.5 Å². The van der Waals surface area contributed by atoms with Crippen molar-refractivity contribution >= 4 is 17.5 Å². The van der Waals surface area contributed by atoms with Crippen molar-refractivity contribution < 1.29 is 27.8 Å². The summed E-state index contributed by atoms with van der Waals surface area (Å²) >= 11 is 0. The van der Waals surface area contributed by atoms with Crippen molar-refractivity contribution in [2.24, 2.45) is 0 Å². The Balaban J connectivity index is 1.64. The molecule has 0 radical (unpaired) electrons. The molecule has 0 aromatic heterocycles. The number of benzene rings is 2. The normalized spacial score (nSPS) is 12.0. The number of fused-ring (bicyclic) bond motifs is 1. The number of ether oxygens (including phenoxy) is 2. The summed E-state index contributed by atoms with van der Waals surface area (Å²) in [6.07, 6.45) is 0. The van der Waals surface area contributed by atoms with Crippen LogP contribution in [0.4, 0.5) is 14.5 Å². The fourth-order valence-electron chi connectivity index (χ4n) is 2.52. The van der Waals surface area contributed by atoms with E-state index < -0.39 is 23.4 Å². The summed E-state index contributed by atoms with van der Waals surface area (Å²) in [5.74, 6) is -1.47. The Labute approximate surface area is 148 Å². The van der Waals surface area contributed by atoms with E-state index >= 15 is 0 Å². The molecule has 0 atom stereocenters. The third kappa shape index (κ3) is 3.90. The highest BCUT2D eigenvalue weighted by Crippen LogP contribution is 2.32. The Kier molecular flexibility index (Phi) is 5.01. The van der Waals surface area contributed by atoms with Gasteiger partial charge in [-0.25, -0.2) is 8.78 Å². The first kappa shape index (κ1) is 17.7. The van der Waals surface area contributed by atoms with Gasteiger partial charge in [-0.05, 0) is 29.8 Å². The molecule has 0 unspecified atom stereocenters. The lowest BCUT2D eigenvalue weighted by atomic mass is 10.2. The lowest BCUT2D eigenvalue weighted by Gasteiger charge is -2.21. The van der Waals surface area contributed by atoms with Gasteiger partial charge in [0.25, 0.3) is 0 Å². The Morgan fingerprint density at radius 2 is 1.88 bits per heavy atom. The summed E-state index contributed by atoms with van der Waals surface area (Å²) < 4.78 is 37.4. The highest BCUT2D eigenvalue weighted by atomic mass is 19.1. The van der Waals surface area contributed by atoms with Crippen LogP contribution in [-0.2, 0) is 16.1 Å². The predicted molar refractivity (Wildman–Crippen MR) is 88.8 cm³/mol. The average molecular weight is 362 g/mol. The molecule has 0 spiro atoms. The highest BCUT2D eigenvalue weighted by molar-refractivity contribution is 5.97. The number of hydrogen-bond acceptors (Lipinski definition) is 4. The topological polar surface area (TPSA) is 67.9 Å². The molecule has 3 rings (SSSR count). The predicted octanol–water partition coefficient (Wildman–Crippen LogP) is 2.36. The Morgan fingerprint density at radius 3 is 2.62 bits per heavy atom. The minimum atomic E-state index is -0.913. The molecule has 136 valence electrons. The molecular formula is C18H16F2N2O4. The van der Waals surface area contributed by atoms with Crippen molar-refractivity contribution in [3.8, 4) is 11.5 Å². The number of carbonyl (C=O) groups is 2. The zero-order chi connectivity index (χ0) is 18.7. The molecule has 26 heavy (non-hydrogen) atoms. The fourth-order valence-corrected chi connectivity index (χ4v) is 2.52. The molecule has 0 saturated carbocycles.